The fourth-order valence-corrected chi connectivity index (χ4v) is 1.96. The summed E-state index contributed by atoms with van der Waals surface area (Å²) < 4.78 is 43.9. The molecule has 3 nitrogen and oxygen atoms in total. The van der Waals surface area contributed by atoms with Crippen molar-refractivity contribution in [3.63, 3.8) is 0 Å². The fourth-order valence-electron chi connectivity index (χ4n) is 1.96. The van der Waals surface area contributed by atoms with Crippen molar-refractivity contribution in [2.45, 2.75) is 45.8 Å². The topological polar surface area (TPSA) is 27.7 Å². The van der Waals surface area contributed by atoms with Crippen LogP contribution in [-0.2, 0) is 9.31 Å². The van der Waals surface area contributed by atoms with Gasteiger partial charge in [0.05, 0.1) is 17.8 Å². The first-order valence-corrected chi connectivity index (χ1v) is 6.65. The minimum Gasteiger partial charge on any atom is -0.491 e. The Morgan fingerprint density at radius 1 is 1.10 bits per heavy atom. The summed E-state index contributed by atoms with van der Waals surface area (Å²) in [5, 5.41) is 0. The minimum atomic E-state index is -0.993. The summed E-state index contributed by atoms with van der Waals surface area (Å²) in [6.07, 6.45) is 0. The van der Waals surface area contributed by atoms with E-state index in [-0.39, 0.29) is 12.4 Å². The molecule has 1 fully saturated rings. The quantitative estimate of drug-likeness (QED) is 0.799. The van der Waals surface area contributed by atoms with Crippen molar-refractivity contribution in [2.75, 3.05) is 6.61 Å². The summed E-state index contributed by atoms with van der Waals surface area (Å²) in [6, 6.07) is 2.50. The molecule has 0 spiro atoms. The van der Waals surface area contributed by atoms with Gasteiger partial charge in [0.25, 0.3) is 0 Å². The Morgan fingerprint density at radius 3 is 2.15 bits per heavy atom. The molecule has 0 N–H and O–H groups in total. The maximum atomic E-state index is 13.6. The summed E-state index contributed by atoms with van der Waals surface area (Å²) in [4.78, 5) is 0. The van der Waals surface area contributed by atoms with Crippen LogP contribution in [0.2, 0.25) is 0 Å². The van der Waals surface area contributed by atoms with Crippen LogP contribution < -0.4 is 10.2 Å². The molecule has 0 aliphatic carbocycles. The van der Waals surface area contributed by atoms with E-state index in [0.717, 1.165) is 6.07 Å². The second-order valence-electron chi connectivity index (χ2n) is 5.84. The molecule has 0 bridgehead atoms. The van der Waals surface area contributed by atoms with Gasteiger partial charge in [-0.3, -0.25) is 0 Å². The van der Waals surface area contributed by atoms with E-state index < -0.39 is 30.0 Å². The van der Waals surface area contributed by atoms with E-state index in [1.54, 1.807) is 6.92 Å². The Morgan fingerprint density at radius 2 is 1.65 bits per heavy atom. The fraction of sp³-hybridized carbons (Fsp3) is 0.571. The average Bonchev–Trinajstić information content (AvgIpc) is 2.54. The van der Waals surface area contributed by atoms with Crippen LogP contribution in [0.5, 0.6) is 5.75 Å². The van der Waals surface area contributed by atoms with Gasteiger partial charge in [0.15, 0.2) is 11.6 Å². The molecule has 0 unspecified atom stereocenters. The molecule has 1 aliphatic rings. The number of hydrogen-bond acceptors (Lipinski definition) is 3. The molecule has 2 rings (SSSR count). The third-order valence-corrected chi connectivity index (χ3v) is 3.84. The van der Waals surface area contributed by atoms with Crippen LogP contribution in [-0.4, -0.2) is 24.9 Å². The van der Waals surface area contributed by atoms with Crippen molar-refractivity contribution in [2.24, 2.45) is 0 Å². The molecule has 1 aromatic carbocycles. The van der Waals surface area contributed by atoms with Gasteiger partial charge >= 0.3 is 7.12 Å². The van der Waals surface area contributed by atoms with E-state index in [1.807, 2.05) is 27.7 Å². The van der Waals surface area contributed by atoms with Crippen molar-refractivity contribution in [3.05, 3.63) is 23.8 Å². The highest BCUT2D eigenvalue weighted by atomic mass is 19.2. The highest BCUT2D eigenvalue weighted by Crippen LogP contribution is 2.36. The zero-order chi connectivity index (χ0) is 15.1. The molecule has 1 aromatic rings. The molecule has 0 saturated carbocycles. The number of ether oxygens (including phenoxy) is 1. The van der Waals surface area contributed by atoms with E-state index >= 15 is 0 Å². The van der Waals surface area contributed by atoms with Crippen LogP contribution >= 0.6 is 0 Å². The predicted octanol–water partition coefficient (Wildman–Crippen LogP) is 2.66. The van der Waals surface area contributed by atoms with Crippen LogP contribution in [0.4, 0.5) is 8.78 Å². The van der Waals surface area contributed by atoms with E-state index in [9.17, 15) is 8.78 Å². The van der Waals surface area contributed by atoms with E-state index in [1.165, 1.54) is 6.07 Å². The van der Waals surface area contributed by atoms with Crippen molar-refractivity contribution in [3.8, 4) is 5.75 Å². The largest absolute Gasteiger partial charge is 0.495 e. The zero-order valence-electron chi connectivity index (χ0n) is 12.4. The van der Waals surface area contributed by atoms with Crippen LogP contribution in [0.1, 0.15) is 34.6 Å². The minimum absolute atomic E-state index is 0.128. The van der Waals surface area contributed by atoms with Gasteiger partial charge in [-0.1, -0.05) is 0 Å². The summed E-state index contributed by atoms with van der Waals surface area (Å²) in [6.45, 7) is 9.56. The monoisotopic (exact) mass is 284 g/mol. The van der Waals surface area contributed by atoms with Crippen LogP contribution in [0, 0.1) is 11.6 Å². The Kier molecular flexibility index (Phi) is 3.82. The van der Waals surface area contributed by atoms with Gasteiger partial charge in [0.2, 0.25) is 5.82 Å². The number of rotatable bonds is 3. The van der Waals surface area contributed by atoms with Crippen LogP contribution in [0.15, 0.2) is 12.1 Å². The van der Waals surface area contributed by atoms with Crippen LogP contribution in [0.25, 0.3) is 0 Å². The molecular formula is C14H19BF2O3. The number of benzene rings is 1. The lowest BCUT2D eigenvalue weighted by Crippen LogP contribution is -2.41. The Balaban J connectivity index is 2.35. The molecule has 0 amide bonds. The molecule has 1 heterocycles. The third kappa shape index (κ3) is 2.54. The first-order valence-electron chi connectivity index (χ1n) is 6.65. The first-order chi connectivity index (χ1) is 9.18. The molecule has 6 heteroatoms. The maximum Gasteiger partial charge on any atom is 0.495 e. The first kappa shape index (κ1) is 15.3. The summed E-state index contributed by atoms with van der Waals surface area (Å²) in [7, 11) is -0.741. The highest BCUT2D eigenvalue weighted by Gasteiger charge is 2.52. The zero-order valence-corrected chi connectivity index (χ0v) is 12.4. The van der Waals surface area contributed by atoms with Gasteiger partial charge in [-0.15, -0.1) is 0 Å². The lowest BCUT2D eigenvalue weighted by atomic mass is 9.79. The van der Waals surface area contributed by atoms with Crippen molar-refractivity contribution in [1.29, 1.82) is 0 Å². The molecule has 0 atom stereocenters. The average molecular weight is 284 g/mol. The smallest absolute Gasteiger partial charge is 0.491 e. The lowest BCUT2D eigenvalue weighted by Gasteiger charge is -2.32. The molecule has 20 heavy (non-hydrogen) atoms. The summed E-state index contributed by atoms with van der Waals surface area (Å²) in [5.74, 6) is -2.09. The van der Waals surface area contributed by atoms with Gasteiger partial charge in [0, 0.05) is 0 Å². The standard InChI is InChI=1S/C14H19BF2O3/c1-6-18-11-8-9(7-10(16)12(11)17)15-19-13(2,3)14(4,5)20-15/h7-8H,6H2,1-5H3. The van der Waals surface area contributed by atoms with Gasteiger partial charge in [0.1, 0.15) is 0 Å². The number of hydrogen-bond donors (Lipinski definition) is 0. The summed E-state index contributed by atoms with van der Waals surface area (Å²) in [5.41, 5.74) is -0.659. The number of halogens is 2. The summed E-state index contributed by atoms with van der Waals surface area (Å²) >= 11 is 0. The maximum absolute atomic E-state index is 13.6. The second-order valence-corrected chi connectivity index (χ2v) is 5.84. The SMILES string of the molecule is CCOc1cc(B2OC(C)(C)C(C)(C)O2)cc(F)c1F. The van der Waals surface area contributed by atoms with Gasteiger partial charge < -0.3 is 14.0 Å². The predicted molar refractivity (Wildman–Crippen MR) is 73.2 cm³/mol. The third-order valence-electron chi connectivity index (χ3n) is 3.84. The Bertz CT molecular complexity index is 501. The van der Waals surface area contributed by atoms with Gasteiger partial charge in [-0.25, -0.2) is 4.39 Å². The second kappa shape index (κ2) is 5.00. The van der Waals surface area contributed by atoms with Gasteiger partial charge in [-0.05, 0) is 52.2 Å². The lowest BCUT2D eigenvalue weighted by molar-refractivity contribution is 0.00578. The molecular weight excluding hydrogens is 265 g/mol. The molecule has 1 aliphatic heterocycles. The van der Waals surface area contributed by atoms with E-state index in [2.05, 4.69) is 0 Å². The van der Waals surface area contributed by atoms with Crippen molar-refractivity contribution in [1.82, 2.24) is 0 Å². The molecule has 0 aromatic heterocycles. The van der Waals surface area contributed by atoms with Crippen molar-refractivity contribution >= 4 is 12.6 Å². The Labute approximate surface area is 118 Å². The molecule has 1 saturated heterocycles. The van der Waals surface area contributed by atoms with Gasteiger partial charge in [-0.2, -0.15) is 4.39 Å². The van der Waals surface area contributed by atoms with E-state index in [4.69, 9.17) is 14.0 Å². The highest BCUT2D eigenvalue weighted by molar-refractivity contribution is 6.62. The van der Waals surface area contributed by atoms with Crippen LogP contribution in [0.3, 0.4) is 0 Å². The normalized spacial score (nSPS) is 20.2. The molecule has 0 radical (unpaired) electrons. The van der Waals surface area contributed by atoms with E-state index in [0.29, 0.717) is 5.46 Å². The van der Waals surface area contributed by atoms with Crippen molar-refractivity contribution < 1.29 is 22.8 Å². The Hall–Kier alpha value is -1.14. The molecule has 110 valence electrons.